The number of rotatable bonds is 3. The highest BCUT2D eigenvalue weighted by molar-refractivity contribution is 7.71. The summed E-state index contributed by atoms with van der Waals surface area (Å²) in [6, 6.07) is 0.392. The summed E-state index contributed by atoms with van der Waals surface area (Å²) in [5.41, 5.74) is 0.209. The van der Waals surface area contributed by atoms with Crippen LogP contribution in [0.25, 0.3) is 0 Å². The molecule has 1 atom stereocenters. The quantitative estimate of drug-likeness (QED) is 0.828. The fourth-order valence-electron chi connectivity index (χ4n) is 1.62. The van der Waals surface area contributed by atoms with E-state index in [-0.39, 0.29) is 5.41 Å². The van der Waals surface area contributed by atoms with Gasteiger partial charge in [-0.3, -0.25) is 4.57 Å². The number of aromatic nitrogens is 3. The summed E-state index contributed by atoms with van der Waals surface area (Å²) in [5, 5.41) is 7.14. The minimum absolute atomic E-state index is 0.209. The smallest absolute Gasteiger partial charge is 0.225 e. The van der Waals surface area contributed by atoms with Gasteiger partial charge in [0.05, 0.1) is 0 Å². The van der Waals surface area contributed by atoms with E-state index in [1.165, 1.54) is 0 Å². The molecule has 1 rings (SSSR count). The lowest BCUT2D eigenvalue weighted by atomic mass is 9.87. The number of hydrogen-bond donors (Lipinski definition) is 1. The van der Waals surface area contributed by atoms with Gasteiger partial charge < -0.3 is 4.90 Å². The molecule has 0 bridgehead atoms. The Hall–Kier alpha value is -0.840. The summed E-state index contributed by atoms with van der Waals surface area (Å²) >= 11 is 5.19. The lowest BCUT2D eigenvalue weighted by Crippen LogP contribution is -2.40. The van der Waals surface area contributed by atoms with Crippen LogP contribution in [0.3, 0.4) is 0 Å². The second-order valence-electron chi connectivity index (χ2n) is 5.23. The molecule has 0 spiro atoms. The van der Waals surface area contributed by atoms with Crippen molar-refractivity contribution in [3.8, 4) is 0 Å². The molecular formula is C11H22N4S. The molecule has 1 aromatic rings. The Kier molecular flexibility index (Phi) is 3.78. The molecule has 1 heterocycles. The molecule has 5 heteroatoms. The van der Waals surface area contributed by atoms with E-state index in [2.05, 4.69) is 56.8 Å². The van der Waals surface area contributed by atoms with Crippen molar-refractivity contribution in [1.82, 2.24) is 14.8 Å². The molecule has 0 radical (unpaired) electrons. The third-order valence-electron chi connectivity index (χ3n) is 3.20. The predicted molar refractivity (Wildman–Crippen MR) is 70.4 cm³/mol. The van der Waals surface area contributed by atoms with Crippen LogP contribution in [-0.2, 0) is 6.54 Å². The number of nitrogens with zero attached hydrogens (tertiary/aromatic N) is 3. The van der Waals surface area contributed by atoms with Gasteiger partial charge >= 0.3 is 0 Å². The Bertz CT molecular complexity index is 399. The van der Waals surface area contributed by atoms with Crippen LogP contribution in [0.5, 0.6) is 0 Å². The second-order valence-corrected chi connectivity index (χ2v) is 5.61. The van der Waals surface area contributed by atoms with Gasteiger partial charge in [-0.05, 0) is 31.5 Å². The van der Waals surface area contributed by atoms with Gasteiger partial charge in [-0.1, -0.05) is 20.8 Å². The Balaban J connectivity index is 3.05. The van der Waals surface area contributed by atoms with E-state index in [0.29, 0.717) is 10.8 Å². The molecule has 0 aromatic carbocycles. The van der Waals surface area contributed by atoms with Gasteiger partial charge in [-0.25, -0.2) is 5.10 Å². The summed E-state index contributed by atoms with van der Waals surface area (Å²) in [6.07, 6.45) is 0. The minimum Gasteiger partial charge on any atom is -0.341 e. The number of H-pyrrole nitrogens is 1. The van der Waals surface area contributed by atoms with Crippen LogP contribution in [0.2, 0.25) is 0 Å². The molecule has 16 heavy (non-hydrogen) atoms. The first-order valence-corrected chi connectivity index (χ1v) is 6.08. The van der Waals surface area contributed by atoms with E-state index >= 15 is 0 Å². The van der Waals surface area contributed by atoms with Crippen LogP contribution in [-0.4, -0.2) is 27.9 Å². The van der Waals surface area contributed by atoms with Crippen LogP contribution in [0, 0.1) is 10.2 Å². The molecule has 1 N–H and O–H groups in total. The Labute approximate surface area is 103 Å². The van der Waals surface area contributed by atoms with Crippen LogP contribution >= 0.6 is 12.2 Å². The zero-order valence-corrected chi connectivity index (χ0v) is 11.9. The first kappa shape index (κ1) is 13.2. The fraction of sp³-hybridized carbons (Fsp3) is 0.818. The molecule has 1 unspecified atom stereocenters. The van der Waals surface area contributed by atoms with Crippen molar-refractivity contribution in [2.45, 2.75) is 47.2 Å². The number of nitrogens with one attached hydrogen (secondary N) is 1. The molecular weight excluding hydrogens is 220 g/mol. The molecule has 92 valence electrons. The number of hydrogen-bond acceptors (Lipinski definition) is 3. The maximum atomic E-state index is 5.19. The third kappa shape index (κ3) is 2.45. The third-order valence-corrected chi connectivity index (χ3v) is 3.52. The fourth-order valence-corrected chi connectivity index (χ4v) is 1.87. The second kappa shape index (κ2) is 4.57. The molecule has 4 nitrogen and oxygen atoms in total. The van der Waals surface area contributed by atoms with Crippen molar-refractivity contribution in [3.05, 3.63) is 4.77 Å². The molecule has 0 fully saturated rings. The summed E-state index contributed by atoms with van der Waals surface area (Å²) < 4.78 is 2.70. The predicted octanol–water partition coefficient (Wildman–Crippen LogP) is 2.83. The van der Waals surface area contributed by atoms with Gasteiger partial charge in [0, 0.05) is 19.6 Å². The van der Waals surface area contributed by atoms with Crippen molar-refractivity contribution in [2.75, 3.05) is 11.9 Å². The standard InChI is InChI=1S/C11H22N4S/c1-7-15-9(12-13-10(15)16)14(6)8(2)11(3,4)5/h8H,7H2,1-6H3,(H,13,16). The summed E-state index contributed by atoms with van der Waals surface area (Å²) in [5.74, 6) is 0.912. The Morgan fingerprint density at radius 3 is 2.50 bits per heavy atom. The summed E-state index contributed by atoms with van der Waals surface area (Å²) in [6.45, 7) is 11.8. The Morgan fingerprint density at radius 2 is 2.06 bits per heavy atom. The van der Waals surface area contributed by atoms with E-state index < -0.39 is 0 Å². The molecule has 0 aliphatic heterocycles. The lowest BCUT2D eigenvalue weighted by molar-refractivity contribution is 0.325. The van der Waals surface area contributed by atoms with Gasteiger partial charge in [0.15, 0.2) is 4.77 Å². The number of anilines is 1. The maximum absolute atomic E-state index is 5.19. The van der Waals surface area contributed by atoms with Gasteiger partial charge in [0.25, 0.3) is 0 Å². The number of aromatic amines is 1. The van der Waals surface area contributed by atoms with Crippen LogP contribution in [0.1, 0.15) is 34.6 Å². The van der Waals surface area contributed by atoms with Crippen molar-refractivity contribution < 1.29 is 0 Å². The van der Waals surface area contributed by atoms with Crippen molar-refractivity contribution in [2.24, 2.45) is 5.41 Å². The monoisotopic (exact) mass is 242 g/mol. The van der Waals surface area contributed by atoms with E-state index in [1.807, 2.05) is 4.57 Å². The molecule has 0 saturated carbocycles. The average Bonchev–Trinajstić information content (AvgIpc) is 2.55. The highest BCUT2D eigenvalue weighted by Crippen LogP contribution is 2.26. The lowest BCUT2D eigenvalue weighted by Gasteiger charge is -2.35. The van der Waals surface area contributed by atoms with E-state index in [0.717, 1.165) is 12.5 Å². The van der Waals surface area contributed by atoms with Crippen LogP contribution in [0.4, 0.5) is 5.95 Å². The van der Waals surface area contributed by atoms with Gasteiger partial charge in [0.1, 0.15) is 0 Å². The van der Waals surface area contributed by atoms with Crippen LogP contribution < -0.4 is 4.90 Å². The highest BCUT2D eigenvalue weighted by Gasteiger charge is 2.26. The first-order chi connectivity index (χ1) is 7.29. The SMILES string of the molecule is CCn1c(N(C)C(C)C(C)(C)C)n[nH]c1=S. The molecule has 0 amide bonds. The van der Waals surface area contributed by atoms with Crippen molar-refractivity contribution in [1.29, 1.82) is 0 Å². The summed E-state index contributed by atoms with van der Waals surface area (Å²) in [7, 11) is 2.06. The summed E-state index contributed by atoms with van der Waals surface area (Å²) in [4.78, 5) is 2.18. The highest BCUT2D eigenvalue weighted by atomic mass is 32.1. The molecule has 0 saturated heterocycles. The topological polar surface area (TPSA) is 36.9 Å². The van der Waals surface area contributed by atoms with Gasteiger partial charge in [-0.15, -0.1) is 5.10 Å². The molecule has 1 aromatic heterocycles. The zero-order valence-electron chi connectivity index (χ0n) is 11.0. The van der Waals surface area contributed by atoms with Crippen LogP contribution in [0.15, 0.2) is 0 Å². The minimum atomic E-state index is 0.209. The zero-order chi connectivity index (χ0) is 12.5. The van der Waals surface area contributed by atoms with E-state index in [9.17, 15) is 0 Å². The van der Waals surface area contributed by atoms with E-state index in [1.54, 1.807) is 0 Å². The Morgan fingerprint density at radius 1 is 1.50 bits per heavy atom. The van der Waals surface area contributed by atoms with Crippen molar-refractivity contribution >= 4 is 18.2 Å². The van der Waals surface area contributed by atoms with E-state index in [4.69, 9.17) is 12.2 Å². The normalized spacial score (nSPS) is 13.9. The first-order valence-electron chi connectivity index (χ1n) is 5.67. The molecule has 0 aliphatic carbocycles. The van der Waals surface area contributed by atoms with Crippen molar-refractivity contribution in [3.63, 3.8) is 0 Å². The largest absolute Gasteiger partial charge is 0.341 e. The average molecular weight is 242 g/mol. The van der Waals surface area contributed by atoms with Gasteiger partial charge in [-0.2, -0.15) is 0 Å². The van der Waals surface area contributed by atoms with Gasteiger partial charge in [0.2, 0.25) is 5.95 Å². The maximum Gasteiger partial charge on any atom is 0.225 e. The molecule has 0 aliphatic rings.